The number of aliphatic hydroxyl groups is 1. The predicted molar refractivity (Wildman–Crippen MR) is 90.4 cm³/mol. The van der Waals surface area contributed by atoms with Gasteiger partial charge in [-0.25, -0.2) is 4.79 Å². The Balaban J connectivity index is 2.10. The van der Waals surface area contributed by atoms with Crippen molar-refractivity contribution in [1.29, 1.82) is 5.26 Å². The summed E-state index contributed by atoms with van der Waals surface area (Å²) >= 11 is 0. The van der Waals surface area contributed by atoms with Gasteiger partial charge >= 0.3 is 6.03 Å². The number of amides is 2. The number of carbonyl (C=O) groups is 1. The Morgan fingerprint density at radius 3 is 2.67 bits per heavy atom. The maximum Gasteiger partial charge on any atom is 0.320 e. The molecule has 1 atom stereocenters. The topological polar surface area (TPSA) is 103 Å². The molecule has 2 rings (SSSR count). The molecule has 0 saturated heterocycles. The second kappa shape index (κ2) is 8.13. The largest absolute Gasteiger partial charge is 0.396 e. The van der Waals surface area contributed by atoms with Crippen LogP contribution in [-0.2, 0) is 0 Å². The Labute approximate surface area is 140 Å². The molecule has 126 valence electrons. The van der Waals surface area contributed by atoms with Crippen LogP contribution in [0.3, 0.4) is 0 Å². The van der Waals surface area contributed by atoms with Gasteiger partial charge in [0.2, 0.25) is 0 Å². The van der Waals surface area contributed by atoms with E-state index in [9.17, 15) is 9.90 Å². The molecule has 0 radical (unpaired) electrons. The number of nitriles is 1. The highest BCUT2D eigenvalue weighted by atomic mass is 16.3. The Kier molecular flexibility index (Phi) is 5.93. The number of nitrogens with one attached hydrogen (secondary N) is 2. The number of aromatic nitrogens is 2. The van der Waals surface area contributed by atoms with Crippen molar-refractivity contribution < 1.29 is 9.90 Å². The molecule has 2 amide bonds. The first-order valence-electron chi connectivity index (χ1n) is 7.77. The van der Waals surface area contributed by atoms with E-state index >= 15 is 0 Å². The van der Waals surface area contributed by atoms with Crippen LogP contribution in [0.1, 0.15) is 43.5 Å². The third-order valence-electron chi connectivity index (χ3n) is 3.54. The molecule has 0 fully saturated rings. The van der Waals surface area contributed by atoms with Gasteiger partial charge < -0.3 is 10.4 Å². The lowest BCUT2D eigenvalue weighted by atomic mass is 10.0. The number of carbonyl (C=O) groups excluding carboxylic acids is 1. The van der Waals surface area contributed by atoms with Crippen molar-refractivity contribution in [2.45, 2.75) is 32.4 Å². The van der Waals surface area contributed by atoms with Crippen molar-refractivity contribution in [2.24, 2.45) is 0 Å². The Bertz CT molecular complexity index is 718. The van der Waals surface area contributed by atoms with Crippen LogP contribution in [-0.4, -0.2) is 27.5 Å². The van der Waals surface area contributed by atoms with Crippen LogP contribution in [0.5, 0.6) is 0 Å². The van der Waals surface area contributed by atoms with Crippen LogP contribution in [0.25, 0.3) is 0 Å². The molecular formula is C17H21N5O2. The molecule has 1 heterocycles. The molecule has 2 aromatic rings. The van der Waals surface area contributed by atoms with E-state index in [1.165, 1.54) is 0 Å². The first-order valence-corrected chi connectivity index (χ1v) is 7.77. The molecule has 7 nitrogen and oxygen atoms in total. The fraction of sp³-hybridized carbons (Fsp3) is 0.353. The van der Waals surface area contributed by atoms with Crippen LogP contribution in [0, 0.1) is 11.3 Å². The molecule has 1 aromatic carbocycles. The highest BCUT2D eigenvalue weighted by Crippen LogP contribution is 2.18. The van der Waals surface area contributed by atoms with Gasteiger partial charge in [0.15, 0.2) is 5.82 Å². The molecule has 0 spiro atoms. The van der Waals surface area contributed by atoms with Gasteiger partial charge in [-0.2, -0.15) is 10.4 Å². The van der Waals surface area contributed by atoms with Gasteiger partial charge in [0.1, 0.15) is 11.6 Å². The minimum Gasteiger partial charge on any atom is -0.396 e. The van der Waals surface area contributed by atoms with E-state index < -0.39 is 6.03 Å². The zero-order valence-electron chi connectivity index (χ0n) is 13.7. The number of hydrogen-bond donors (Lipinski definition) is 3. The molecule has 0 bridgehead atoms. The van der Waals surface area contributed by atoms with Crippen LogP contribution in [0.2, 0.25) is 0 Å². The van der Waals surface area contributed by atoms with Gasteiger partial charge in [0.25, 0.3) is 0 Å². The summed E-state index contributed by atoms with van der Waals surface area (Å²) in [5.41, 5.74) is 1.20. The van der Waals surface area contributed by atoms with Crippen molar-refractivity contribution in [3.63, 3.8) is 0 Å². The van der Waals surface area contributed by atoms with Crippen LogP contribution in [0.4, 0.5) is 10.6 Å². The summed E-state index contributed by atoms with van der Waals surface area (Å²) in [4.78, 5) is 12.3. The zero-order valence-corrected chi connectivity index (χ0v) is 13.7. The van der Waals surface area contributed by atoms with E-state index in [0.29, 0.717) is 12.0 Å². The smallest absolute Gasteiger partial charge is 0.320 e. The maximum absolute atomic E-state index is 12.3. The monoisotopic (exact) mass is 327 g/mol. The summed E-state index contributed by atoms with van der Waals surface area (Å²) in [6.07, 6.45) is 1.99. The number of urea groups is 1. The fourth-order valence-corrected chi connectivity index (χ4v) is 2.27. The molecule has 24 heavy (non-hydrogen) atoms. The van der Waals surface area contributed by atoms with Crippen molar-refractivity contribution >= 4 is 11.8 Å². The number of anilines is 1. The lowest BCUT2D eigenvalue weighted by Gasteiger charge is -2.18. The Morgan fingerprint density at radius 1 is 1.38 bits per heavy atom. The molecule has 0 saturated carbocycles. The molecule has 0 unspecified atom stereocenters. The second-order valence-corrected chi connectivity index (χ2v) is 5.65. The zero-order chi connectivity index (χ0) is 17.5. The number of hydrogen-bond acceptors (Lipinski definition) is 4. The van der Waals surface area contributed by atoms with Crippen molar-refractivity contribution in [3.05, 3.63) is 47.7 Å². The average molecular weight is 327 g/mol. The fourth-order valence-electron chi connectivity index (χ4n) is 2.27. The normalized spacial score (nSPS) is 11.8. The first kappa shape index (κ1) is 17.5. The molecule has 0 aliphatic carbocycles. The molecule has 7 heteroatoms. The van der Waals surface area contributed by atoms with E-state index in [-0.39, 0.29) is 24.5 Å². The minimum absolute atomic E-state index is 0.0503. The Hall–Kier alpha value is -2.85. The third-order valence-corrected chi connectivity index (χ3v) is 3.54. The number of rotatable bonds is 6. The van der Waals surface area contributed by atoms with Crippen molar-refractivity contribution in [3.8, 4) is 6.07 Å². The van der Waals surface area contributed by atoms with Crippen LogP contribution in [0.15, 0.2) is 36.5 Å². The first-order chi connectivity index (χ1) is 11.5. The summed E-state index contributed by atoms with van der Waals surface area (Å²) in [5, 5.41) is 28.0. The van der Waals surface area contributed by atoms with Gasteiger partial charge in [-0.1, -0.05) is 30.3 Å². The highest BCUT2D eigenvalue weighted by molar-refractivity contribution is 5.89. The standard InChI is InChI=1S/C17H21N5O2/c1-12(2)22-11-14(10-18)16(21-22)20-17(24)19-15(8-9-23)13-6-4-3-5-7-13/h3-7,11-12,15,23H,8-9H2,1-2H3,(H2,19,20,21,24)/t15-/m1/s1. The van der Waals surface area contributed by atoms with Gasteiger partial charge in [-0.15, -0.1) is 0 Å². The number of benzene rings is 1. The van der Waals surface area contributed by atoms with E-state index in [1.54, 1.807) is 10.9 Å². The summed E-state index contributed by atoms with van der Waals surface area (Å²) < 4.78 is 1.62. The van der Waals surface area contributed by atoms with E-state index in [0.717, 1.165) is 5.56 Å². The molecule has 1 aromatic heterocycles. The van der Waals surface area contributed by atoms with E-state index in [2.05, 4.69) is 15.7 Å². The predicted octanol–water partition coefficient (Wildman–Crippen LogP) is 2.58. The van der Waals surface area contributed by atoms with Gasteiger partial charge in [-0.05, 0) is 25.8 Å². The van der Waals surface area contributed by atoms with Gasteiger partial charge in [-0.3, -0.25) is 10.00 Å². The van der Waals surface area contributed by atoms with Crippen molar-refractivity contribution in [1.82, 2.24) is 15.1 Å². The quantitative estimate of drug-likeness (QED) is 0.758. The summed E-state index contributed by atoms with van der Waals surface area (Å²) in [5.74, 6) is 0.222. The van der Waals surface area contributed by atoms with E-state index in [1.807, 2.05) is 50.2 Å². The molecular weight excluding hydrogens is 306 g/mol. The summed E-state index contributed by atoms with van der Waals surface area (Å²) in [6, 6.07) is 10.7. The summed E-state index contributed by atoms with van der Waals surface area (Å²) in [6.45, 7) is 3.82. The summed E-state index contributed by atoms with van der Waals surface area (Å²) in [7, 11) is 0. The van der Waals surface area contributed by atoms with Gasteiger partial charge in [0.05, 0.1) is 6.04 Å². The van der Waals surface area contributed by atoms with Crippen LogP contribution < -0.4 is 10.6 Å². The number of aliphatic hydroxyl groups excluding tert-OH is 1. The average Bonchev–Trinajstić information content (AvgIpc) is 2.98. The minimum atomic E-state index is -0.470. The number of nitrogens with zero attached hydrogens (tertiary/aromatic N) is 3. The van der Waals surface area contributed by atoms with E-state index in [4.69, 9.17) is 5.26 Å². The molecule has 0 aliphatic rings. The molecule has 3 N–H and O–H groups in total. The highest BCUT2D eigenvalue weighted by Gasteiger charge is 2.17. The Morgan fingerprint density at radius 2 is 2.08 bits per heavy atom. The second-order valence-electron chi connectivity index (χ2n) is 5.65. The molecule has 0 aliphatic heterocycles. The van der Waals surface area contributed by atoms with Crippen LogP contribution >= 0.6 is 0 Å². The lowest BCUT2D eigenvalue weighted by molar-refractivity contribution is 0.239. The third kappa shape index (κ3) is 4.33. The SMILES string of the molecule is CC(C)n1cc(C#N)c(NC(=O)N[C@H](CCO)c2ccccc2)n1. The van der Waals surface area contributed by atoms with Gasteiger partial charge in [0, 0.05) is 18.8 Å². The van der Waals surface area contributed by atoms with Crippen molar-refractivity contribution in [2.75, 3.05) is 11.9 Å². The lowest BCUT2D eigenvalue weighted by Crippen LogP contribution is -2.33. The maximum atomic E-state index is 12.3.